The van der Waals surface area contributed by atoms with Gasteiger partial charge in [-0.05, 0) is 26.9 Å². The van der Waals surface area contributed by atoms with E-state index in [0.29, 0.717) is 25.9 Å². The summed E-state index contributed by atoms with van der Waals surface area (Å²) in [6, 6.07) is 0. The number of hydrogen-bond acceptors (Lipinski definition) is 6. The molecule has 2 aliphatic heterocycles. The monoisotopic (exact) mass is 318 g/mol. The molecule has 4 N–H and O–H groups in total. The standard InChI is InChI=1S/2C7H13NO3/c2*1-8-3-2-6(9)5(4-8)7(10)11/h2*5-6,9H,2-4H2,1H3,(H,10,11)/t2*5-,6-/m10/s1. The highest BCUT2D eigenvalue weighted by molar-refractivity contribution is 5.71. The third kappa shape index (κ3) is 5.53. The maximum atomic E-state index is 10.5. The Labute approximate surface area is 129 Å². The molecule has 4 atom stereocenters. The van der Waals surface area contributed by atoms with Crippen molar-refractivity contribution in [3.8, 4) is 0 Å². The lowest BCUT2D eigenvalue weighted by Gasteiger charge is -2.31. The third-order valence-corrected chi connectivity index (χ3v) is 4.19. The molecule has 0 aliphatic carbocycles. The van der Waals surface area contributed by atoms with Crippen LogP contribution in [0.3, 0.4) is 0 Å². The molecule has 128 valence electrons. The van der Waals surface area contributed by atoms with Gasteiger partial charge in [0.1, 0.15) is 0 Å². The highest BCUT2D eigenvalue weighted by Crippen LogP contribution is 2.16. The lowest BCUT2D eigenvalue weighted by Crippen LogP contribution is -2.44. The Kier molecular flexibility index (Phi) is 7.21. The molecule has 0 saturated carbocycles. The molecular weight excluding hydrogens is 292 g/mol. The van der Waals surface area contributed by atoms with Crippen molar-refractivity contribution in [2.75, 3.05) is 40.3 Å². The molecule has 0 aromatic heterocycles. The molecule has 0 bridgehead atoms. The second-order valence-corrected chi connectivity index (χ2v) is 6.13. The molecular formula is C14H26N2O6. The highest BCUT2D eigenvalue weighted by atomic mass is 16.4. The first-order valence-electron chi connectivity index (χ1n) is 7.41. The first kappa shape index (κ1) is 18.8. The van der Waals surface area contributed by atoms with Crippen LogP contribution < -0.4 is 0 Å². The van der Waals surface area contributed by atoms with Gasteiger partial charge in [0.25, 0.3) is 0 Å². The zero-order valence-corrected chi connectivity index (χ0v) is 13.1. The van der Waals surface area contributed by atoms with Crippen LogP contribution in [0.5, 0.6) is 0 Å². The summed E-state index contributed by atoms with van der Waals surface area (Å²) in [7, 11) is 3.73. The van der Waals surface area contributed by atoms with Crippen LogP contribution >= 0.6 is 0 Å². The van der Waals surface area contributed by atoms with E-state index < -0.39 is 36.0 Å². The molecule has 2 saturated heterocycles. The van der Waals surface area contributed by atoms with Crippen LogP contribution in [0.4, 0.5) is 0 Å². The molecule has 0 radical (unpaired) electrons. The van der Waals surface area contributed by atoms with E-state index in [4.69, 9.17) is 10.2 Å². The maximum absolute atomic E-state index is 10.5. The first-order valence-corrected chi connectivity index (χ1v) is 7.41. The van der Waals surface area contributed by atoms with Crippen LogP contribution in [-0.4, -0.2) is 94.6 Å². The number of piperidine rings is 2. The molecule has 22 heavy (non-hydrogen) atoms. The molecule has 2 aliphatic rings. The minimum Gasteiger partial charge on any atom is -0.481 e. The van der Waals surface area contributed by atoms with E-state index in [1.165, 1.54) is 0 Å². The maximum Gasteiger partial charge on any atom is 0.310 e. The van der Waals surface area contributed by atoms with E-state index in [9.17, 15) is 19.8 Å². The number of nitrogens with zero attached hydrogens (tertiary/aromatic N) is 2. The average molecular weight is 318 g/mol. The van der Waals surface area contributed by atoms with E-state index in [1.807, 2.05) is 23.9 Å². The summed E-state index contributed by atoms with van der Waals surface area (Å²) < 4.78 is 0. The second kappa shape index (κ2) is 8.42. The van der Waals surface area contributed by atoms with Crippen LogP contribution in [0, 0.1) is 11.8 Å². The average Bonchev–Trinajstić information content (AvgIpc) is 2.44. The van der Waals surface area contributed by atoms with Crippen molar-refractivity contribution >= 4 is 11.9 Å². The van der Waals surface area contributed by atoms with Crippen LogP contribution in [0.15, 0.2) is 0 Å². The summed E-state index contributed by atoms with van der Waals surface area (Å²) in [5, 5.41) is 35.8. The highest BCUT2D eigenvalue weighted by Gasteiger charge is 2.32. The number of aliphatic hydroxyl groups excluding tert-OH is 2. The zero-order valence-electron chi connectivity index (χ0n) is 13.1. The van der Waals surface area contributed by atoms with Gasteiger partial charge in [0.2, 0.25) is 0 Å². The number of aliphatic hydroxyl groups is 2. The molecule has 0 aromatic carbocycles. The van der Waals surface area contributed by atoms with Gasteiger partial charge >= 0.3 is 11.9 Å². The van der Waals surface area contributed by atoms with E-state index in [-0.39, 0.29) is 0 Å². The molecule has 2 heterocycles. The van der Waals surface area contributed by atoms with Crippen molar-refractivity contribution in [2.24, 2.45) is 11.8 Å². The number of hydrogen-bond donors (Lipinski definition) is 4. The van der Waals surface area contributed by atoms with Gasteiger partial charge in [-0.1, -0.05) is 0 Å². The Morgan fingerprint density at radius 2 is 1.14 bits per heavy atom. The van der Waals surface area contributed by atoms with Crippen LogP contribution in [-0.2, 0) is 9.59 Å². The van der Waals surface area contributed by atoms with Crippen molar-refractivity contribution in [1.29, 1.82) is 0 Å². The van der Waals surface area contributed by atoms with Gasteiger partial charge in [0, 0.05) is 26.2 Å². The molecule has 8 heteroatoms. The number of rotatable bonds is 2. The summed E-state index contributed by atoms with van der Waals surface area (Å²) >= 11 is 0. The largest absolute Gasteiger partial charge is 0.481 e. The predicted molar refractivity (Wildman–Crippen MR) is 78.5 cm³/mol. The molecule has 2 fully saturated rings. The van der Waals surface area contributed by atoms with E-state index in [2.05, 4.69) is 0 Å². The molecule has 0 aromatic rings. The molecule has 0 amide bonds. The number of carbonyl (C=O) groups is 2. The minimum atomic E-state index is -0.899. The Morgan fingerprint density at radius 1 is 0.818 bits per heavy atom. The molecule has 0 unspecified atom stereocenters. The minimum absolute atomic E-state index is 0.455. The van der Waals surface area contributed by atoms with Crippen molar-refractivity contribution in [2.45, 2.75) is 25.0 Å². The van der Waals surface area contributed by atoms with Gasteiger partial charge in [-0.3, -0.25) is 9.59 Å². The fourth-order valence-corrected chi connectivity index (χ4v) is 2.69. The van der Waals surface area contributed by atoms with Crippen molar-refractivity contribution in [3.05, 3.63) is 0 Å². The SMILES string of the molecule is CN1CC[C@@H](O)[C@H](C(=O)O)C1.CN1CC[C@H](O)[C@@H](C(=O)O)C1. The van der Waals surface area contributed by atoms with Gasteiger partial charge < -0.3 is 30.2 Å². The van der Waals surface area contributed by atoms with Crippen molar-refractivity contribution in [3.63, 3.8) is 0 Å². The fraction of sp³-hybridized carbons (Fsp3) is 0.857. The zero-order chi connectivity index (χ0) is 16.9. The lowest BCUT2D eigenvalue weighted by atomic mass is 9.95. The Balaban J connectivity index is 0.000000220. The number of likely N-dealkylation sites (tertiary alicyclic amines) is 2. The van der Waals surface area contributed by atoms with Gasteiger partial charge in [-0.2, -0.15) is 0 Å². The van der Waals surface area contributed by atoms with E-state index >= 15 is 0 Å². The predicted octanol–water partition coefficient (Wildman–Crippen LogP) is -1.23. The Bertz CT molecular complexity index is 356. The van der Waals surface area contributed by atoms with Gasteiger partial charge in [-0.25, -0.2) is 0 Å². The lowest BCUT2D eigenvalue weighted by molar-refractivity contribution is -0.149. The topological polar surface area (TPSA) is 122 Å². The number of carboxylic acids is 2. The number of aliphatic carboxylic acids is 2. The smallest absolute Gasteiger partial charge is 0.310 e. The summed E-state index contributed by atoms with van der Waals surface area (Å²) in [5.41, 5.74) is 0. The van der Waals surface area contributed by atoms with E-state index in [0.717, 1.165) is 13.1 Å². The van der Waals surface area contributed by atoms with Crippen molar-refractivity contribution in [1.82, 2.24) is 9.80 Å². The summed E-state index contributed by atoms with van der Waals surface area (Å²) in [6.45, 7) is 2.48. The molecule has 2 rings (SSSR count). The van der Waals surface area contributed by atoms with Crippen molar-refractivity contribution < 1.29 is 30.0 Å². The molecule has 0 spiro atoms. The number of carboxylic acid groups (broad SMARTS) is 2. The Morgan fingerprint density at radius 3 is 1.36 bits per heavy atom. The summed E-state index contributed by atoms with van der Waals surface area (Å²) in [6.07, 6.45) is -0.201. The quantitative estimate of drug-likeness (QED) is 0.499. The van der Waals surface area contributed by atoms with Gasteiger partial charge in [0.05, 0.1) is 24.0 Å². The van der Waals surface area contributed by atoms with Gasteiger partial charge in [0.15, 0.2) is 0 Å². The normalized spacial score (nSPS) is 33.6. The van der Waals surface area contributed by atoms with Crippen LogP contribution in [0.25, 0.3) is 0 Å². The summed E-state index contributed by atoms with van der Waals surface area (Å²) in [4.78, 5) is 24.9. The van der Waals surface area contributed by atoms with Crippen LogP contribution in [0.2, 0.25) is 0 Å². The Hall–Kier alpha value is -1.22. The van der Waals surface area contributed by atoms with Gasteiger partial charge in [-0.15, -0.1) is 0 Å². The first-order chi connectivity index (χ1) is 10.2. The van der Waals surface area contributed by atoms with E-state index in [1.54, 1.807) is 0 Å². The van der Waals surface area contributed by atoms with Crippen LogP contribution in [0.1, 0.15) is 12.8 Å². The summed E-state index contributed by atoms with van der Waals surface area (Å²) in [5.74, 6) is -3.00. The fourth-order valence-electron chi connectivity index (χ4n) is 2.69. The third-order valence-electron chi connectivity index (χ3n) is 4.19. The second-order valence-electron chi connectivity index (χ2n) is 6.13. The molecule has 8 nitrogen and oxygen atoms in total.